The summed E-state index contributed by atoms with van der Waals surface area (Å²) in [5, 5.41) is 17.7. The predicted molar refractivity (Wildman–Crippen MR) is 140 cm³/mol. The number of aliphatic hydroxyl groups is 2. The van der Waals surface area contributed by atoms with Crippen molar-refractivity contribution in [3.63, 3.8) is 0 Å². The molecular formula is C29H50O4. The average Bonchev–Trinajstić information content (AvgIpc) is 2.85. The Morgan fingerprint density at radius 1 is 0.848 bits per heavy atom. The molecule has 0 saturated heterocycles. The van der Waals surface area contributed by atoms with Crippen LogP contribution in [0.1, 0.15) is 115 Å². The van der Waals surface area contributed by atoms with Gasteiger partial charge in [-0.25, -0.2) is 0 Å². The quantitative estimate of drug-likeness (QED) is 0.156. The molecule has 0 saturated carbocycles. The molecule has 1 unspecified atom stereocenters. The van der Waals surface area contributed by atoms with Crippen LogP contribution >= 0.6 is 0 Å². The van der Waals surface area contributed by atoms with Gasteiger partial charge in [-0.15, -0.1) is 0 Å². The first-order chi connectivity index (χ1) is 16.1. The number of rotatable bonds is 20. The lowest BCUT2D eigenvalue weighted by Gasteiger charge is -2.08. The summed E-state index contributed by atoms with van der Waals surface area (Å²) in [6.07, 6.45) is 20.9. The maximum atomic E-state index is 11.4. The second-order valence-electron chi connectivity index (χ2n) is 8.83. The van der Waals surface area contributed by atoms with E-state index in [0.717, 1.165) is 12.8 Å². The van der Waals surface area contributed by atoms with Gasteiger partial charge in [0.05, 0.1) is 6.61 Å². The maximum Gasteiger partial charge on any atom is 0.305 e. The summed E-state index contributed by atoms with van der Waals surface area (Å²) >= 11 is 0. The fourth-order valence-electron chi connectivity index (χ4n) is 3.54. The molecule has 0 radical (unpaired) electrons. The molecule has 0 spiro atoms. The van der Waals surface area contributed by atoms with Crippen molar-refractivity contribution >= 4 is 12.0 Å². The first-order valence-electron chi connectivity index (χ1n) is 13.3. The number of carbonyl (C=O) groups excluding carboxylic acids is 1. The molecule has 0 heterocycles. The Morgan fingerprint density at radius 3 is 1.70 bits per heavy atom. The van der Waals surface area contributed by atoms with E-state index in [0.29, 0.717) is 6.42 Å². The zero-order valence-corrected chi connectivity index (χ0v) is 21.2. The number of unbranched alkanes of at least 4 members (excludes halogenated alkanes) is 14. The summed E-state index contributed by atoms with van der Waals surface area (Å²) in [4.78, 5) is 11.4. The Balaban J connectivity index is 0.00000106. The number of benzene rings is 1. The molecule has 0 bridgehead atoms. The lowest BCUT2D eigenvalue weighted by Crippen LogP contribution is -2.21. The third kappa shape index (κ3) is 23.3. The number of aliphatic hydroxyl groups excluding tert-OH is 2. The second kappa shape index (κ2) is 25.0. The molecule has 4 heteroatoms. The van der Waals surface area contributed by atoms with Gasteiger partial charge in [0, 0.05) is 6.42 Å². The molecule has 1 aromatic rings. The van der Waals surface area contributed by atoms with Crippen LogP contribution in [0.3, 0.4) is 0 Å². The highest BCUT2D eigenvalue weighted by atomic mass is 16.5. The molecule has 0 aromatic heterocycles. The number of esters is 1. The van der Waals surface area contributed by atoms with E-state index in [1.165, 1.54) is 89.0 Å². The van der Waals surface area contributed by atoms with E-state index in [1.807, 2.05) is 36.4 Å². The van der Waals surface area contributed by atoms with Crippen LogP contribution in [-0.2, 0) is 9.53 Å². The van der Waals surface area contributed by atoms with E-state index in [2.05, 4.69) is 13.5 Å². The smallest absolute Gasteiger partial charge is 0.305 e. The Morgan fingerprint density at radius 2 is 1.30 bits per heavy atom. The van der Waals surface area contributed by atoms with Gasteiger partial charge in [-0.05, 0) is 12.0 Å². The first kappa shape index (κ1) is 31.4. The first-order valence-corrected chi connectivity index (χ1v) is 13.3. The van der Waals surface area contributed by atoms with E-state index in [-0.39, 0.29) is 19.2 Å². The van der Waals surface area contributed by atoms with Crippen LogP contribution in [0.2, 0.25) is 0 Å². The lowest BCUT2D eigenvalue weighted by atomic mass is 10.0. The SMILES string of the molecule is C=Cc1ccccc1.CCCCCCCCCCCCCCCCCC(=O)OCC(O)CO. The minimum absolute atomic E-state index is 0.103. The summed E-state index contributed by atoms with van der Waals surface area (Å²) < 4.78 is 4.86. The van der Waals surface area contributed by atoms with Gasteiger partial charge < -0.3 is 14.9 Å². The fourth-order valence-corrected chi connectivity index (χ4v) is 3.54. The Hall–Kier alpha value is -1.65. The Labute approximate surface area is 203 Å². The van der Waals surface area contributed by atoms with Crippen molar-refractivity contribution in [3.05, 3.63) is 42.5 Å². The summed E-state index contributed by atoms with van der Waals surface area (Å²) in [6, 6.07) is 10.0. The Kier molecular flexibility index (Phi) is 23.7. The van der Waals surface area contributed by atoms with E-state index < -0.39 is 6.10 Å². The van der Waals surface area contributed by atoms with Gasteiger partial charge in [-0.1, -0.05) is 140 Å². The minimum Gasteiger partial charge on any atom is -0.463 e. The van der Waals surface area contributed by atoms with Gasteiger partial charge >= 0.3 is 5.97 Å². The zero-order valence-electron chi connectivity index (χ0n) is 21.2. The van der Waals surface area contributed by atoms with E-state index in [9.17, 15) is 4.79 Å². The normalized spacial score (nSPS) is 11.4. The van der Waals surface area contributed by atoms with Crippen molar-refractivity contribution in [1.29, 1.82) is 0 Å². The summed E-state index contributed by atoms with van der Waals surface area (Å²) in [7, 11) is 0. The van der Waals surface area contributed by atoms with Crippen molar-refractivity contribution in [1.82, 2.24) is 0 Å². The van der Waals surface area contributed by atoms with Crippen molar-refractivity contribution in [3.8, 4) is 0 Å². The van der Waals surface area contributed by atoms with E-state index in [4.69, 9.17) is 14.9 Å². The molecule has 190 valence electrons. The van der Waals surface area contributed by atoms with E-state index in [1.54, 1.807) is 0 Å². The standard InChI is InChI=1S/C21H42O4.C8H8/c1-2-3-4-5-6-7-8-9-10-11-12-13-14-15-16-17-21(24)25-19-20(23)18-22;1-2-8-6-4-3-5-7-8/h20,22-23H,2-19H2,1H3;2-7H,1H2. The molecule has 0 amide bonds. The zero-order chi connectivity index (χ0) is 24.4. The van der Waals surface area contributed by atoms with Crippen molar-refractivity contribution < 1.29 is 19.7 Å². The van der Waals surface area contributed by atoms with Gasteiger partial charge in [-0.3, -0.25) is 4.79 Å². The van der Waals surface area contributed by atoms with Crippen molar-refractivity contribution in [2.45, 2.75) is 116 Å². The molecule has 1 rings (SSSR count). The molecule has 33 heavy (non-hydrogen) atoms. The van der Waals surface area contributed by atoms with Crippen molar-refractivity contribution in [2.24, 2.45) is 0 Å². The van der Waals surface area contributed by atoms with Gasteiger partial charge in [0.15, 0.2) is 0 Å². The van der Waals surface area contributed by atoms with Crippen LogP contribution in [0, 0.1) is 0 Å². The van der Waals surface area contributed by atoms with Crippen LogP contribution in [0.15, 0.2) is 36.9 Å². The summed E-state index contributed by atoms with van der Waals surface area (Å²) in [6.45, 7) is 5.42. The van der Waals surface area contributed by atoms with Gasteiger partial charge in [0.1, 0.15) is 12.7 Å². The summed E-state index contributed by atoms with van der Waals surface area (Å²) in [5.74, 6) is -0.276. The van der Waals surface area contributed by atoms with Crippen molar-refractivity contribution in [2.75, 3.05) is 13.2 Å². The van der Waals surface area contributed by atoms with Gasteiger partial charge in [0.2, 0.25) is 0 Å². The highest BCUT2D eigenvalue weighted by molar-refractivity contribution is 5.69. The molecule has 4 nitrogen and oxygen atoms in total. The highest BCUT2D eigenvalue weighted by Gasteiger charge is 2.07. The molecule has 0 aliphatic rings. The number of hydrogen-bond acceptors (Lipinski definition) is 4. The molecule has 1 aromatic carbocycles. The van der Waals surface area contributed by atoms with Gasteiger partial charge in [0.25, 0.3) is 0 Å². The van der Waals surface area contributed by atoms with Crippen LogP contribution in [0.25, 0.3) is 6.08 Å². The number of hydrogen-bond donors (Lipinski definition) is 2. The van der Waals surface area contributed by atoms with Crippen LogP contribution < -0.4 is 0 Å². The molecule has 1 atom stereocenters. The molecular weight excluding hydrogens is 412 g/mol. The fraction of sp³-hybridized carbons (Fsp3) is 0.690. The highest BCUT2D eigenvalue weighted by Crippen LogP contribution is 2.13. The van der Waals surface area contributed by atoms with E-state index >= 15 is 0 Å². The van der Waals surface area contributed by atoms with Crippen LogP contribution in [-0.4, -0.2) is 35.5 Å². The second-order valence-corrected chi connectivity index (χ2v) is 8.83. The molecule has 0 fully saturated rings. The molecule has 2 N–H and O–H groups in total. The molecule has 0 aliphatic carbocycles. The topological polar surface area (TPSA) is 66.8 Å². The third-order valence-electron chi connectivity index (χ3n) is 5.67. The summed E-state index contributed by atoms with van der Waals surface area (Å²) in [5.41, 5.74) is 1.17. The third-order valence-corrected chi connectivity index (χ3v) is 5.67. The van der Waals surface area contributed by atoms with Crippen LogP contribution in [0.4, 0.5) is 0 Å². The predicted octanol–water partition coefficient (Wildman–Crippen LogP) is 7.47. The average molecular weight is 463 g/mol. The molecule has 0 aliphatic heterocycles. The maximum absolute atomic E-state index is 11.4. The Bertz CT molecular complexity index is 544. The van der Waals surface area contributed by atoms with Crippen LogP contribution in [0.5, 0.6) is 0 Å². The largest absolute Gasteiger partial charge is 0.463 e. The lowest BCUT2D eigenvalue weighted by molar-refractivity contribution is -0.147. The number of carbonyl (C=O) groups is 1. The monoisotopic (exact) mass is 462 g/mol. The number of ether oxygens (including phenoxy) is 1. The van der Waals surface area contributed by atoms with Gasteiger partial charge in [-0.2, -0.15) is 0 Å². The minimum atomic E-state index is -0.954.